The maximum Gasteiger partial charge on any atom is 0.279 e. The first-order chi connectivity index (χ1) is 9.16. The highest BCUT2D eigenvalue weighted by atomic mass is 19.3. The van der Waals surface area contributed by atoms with Crippen molar-refractivity contribution in [3.8, 4) is 0 Å². The van der Waals surface area contributed by atoms with Crippen LogP contribution in [0.3, 0.4) is 0 Å². The van der Waals surface area contributed by atoms with Crippen LogP contribution in [0.1, 0.15) is 41.9 Å². The second-order valence-electron chi connectivity index (χ2n) is 4.64. The number of ether oxygens (including phenoxy) is 1. The quantitative estimate of drug-likeness (QED) is 0.778. The Hall–Kier alpha value is -1.50. The Bertz CT molecular complexity index is 417. The van der Waals surface area contributed by atoms with E-state index in [0.717, 1.165) is 38.5 Å². The van der Waals surface area contributed by atoms with E-state index in [-0.39, 0.29) is 11.4 Å². The highest BCUT2D eigenvalue weighted by Gasteiger charge is 2.17. The Morgan fingerprint density at radius 2 is 2.47 bits per heavy atom. The molecule has 1 saturated heterocycles. The molecule has 1 aromatic rings. The molecule has 1 fully saturated rings. The number of hydrogen-bond acceptors (Lipinski definition) is 3. The zero-order valence-corrected chi connectivity index (χ0v) is 10.5. The molecule has 1 amide bonds. The average Bonchev–Trinajstić information content (AvgIpc) is 3.05. The van der Waals surface area contributed by atoms with Gasteiger partial charge in [-0.2, -0.15) is 5.10 Å². The van der Waals surface area contributed by atoms with E-state index in [4.69, 9.17) is 4.74 Å². The molecule has 0 aromatic carbocycles. The number of halogens is 2. The Labute approximate surface area is 109 Å². The van der Waals surface area contributed by atoms with Gasteiger partial charge in [-0.05, 0) is 31.2 Å². The van der Waals surface area contributed by atoms with Crippen LogP contribution in [-0.2, 0) is 4.74 Å². The van der Waals surface area contributed by atoms with E-state index >= 15 is 0 Å². The van der Waals surface area contributed by atoms with Crippen LogP contribution in [0.25, 0.3) is 0 Å². The van der Waals surface area contributed by atoms with E-state index in [2.05, 4.69) is 15.5 Å². The number of carbonyl (C=O) groups excluding carboxylic acids is 1. The molecule has 5 nitrogen and oxygen atoms in total. The van der Waals surface area contributed by atoms with Crippen LogP contribution in [0.5, 0.6) is 0 Å². The fourth-order valence-corrected chi connectivity index (χ4v) is 2.06. The van der Waals surface area contributed by atoms with Crippen molar-refractivity contribution in [1.82, 2.24) is 15.5 Å². The number of alkyl halides is 2. The third-order valence-electron chi connectivity index (χ3n) is 3.16. The van der Waals surface area contributed by atoms with Crippen molar-refractivity contribution in [2.75, 3.05) is 19.8 Å². The molecule has 0 saturated carbocycles. The number of hydrogen-bond donors (Lipinski definition) is 2. The molecule has 2 heterocycles. The van der Waals surface area contributed by atoms with Gasteiger partial charge in [0.25, 0.3) is 12.3 Å². The lowest BCUT2D eigenvalue weighted by Crippen LogP contribution is -2.25. The minimum Gasteiger partial charge on any atom is -0.381 e. The molecule has 7 heteroatoms. The van der Waals surface area contributed by atoms with E-state index in [1.165, 1.54) is 0 Å². The maximum atomic E-state index is 12.3. The highest BCUT2D eigenvalue weighted by Crippen LogP contribution is 2.18. The Morgan fingerprint density at radius 3 is 3.11 bits per heavy atom. The van der Waals surface area contributed by atoms with Crippen LogP contribution >= 0.6 is 0 Å². The minimum absolute atomic E-state index is 0.000463. The van der Waals surface area contributed by atoms with Gasteiger partial charge in [0, 0.05) is 19.8 Å². The molecule has 0 unspecified atom stereocenters. The second-order valence-corrected chi connectivity index (χ2v) is 4.64. The van der Waals surface area contributed by atoms with Gasteiger partial charge < -0.3 is 10.1 Å². The van der Waals surface area contributed by atoms with E-state index < -0.39 is 12.3 Å². The van der Waals surface area contributed by atoms with Crippen LogP contribution in [-0.4, -0.2) is 35.9 Å². The predicted molar refractivity (Wildman–Crippen MR) is 64.0 cm³/mol. The van der Waals surface area contributed by atoms with Crippen LogP contribution in [0, 0.1) is 5.92 Å². The summed E-state index contributed by atoms with van der Waals surface area (Å²) in [6.07, 6.45) is 0.288. The number of nitrogens with one attached hydrogen (secondary N) is 2. The van der Waals surface area contributed by atoms with E-state index in [1.807, 2.05) is 0 Å². The minimum atomic E-state index is -2.64. The molecule has 0 bridgehead atoms. The summed E-state index contributed by atoms with van der Waals surface area (Å²) in [6, 6.07) is 1.07. The van der Waals surface area contributed by atoms with E-state index in [0.29, 0.717) is 12.5 Å². The van der Waals surface area contributed by atoms with Gasteiger partial charge in [-0.25, -0.2) is 8.78 Å². The average molecular weight is 273 g/mol. The van der Waals surface area contributed by atoms with Crippen molar-refractivity contribution in [2.24, 2.45) is 5.92 Å². The van der Waals surface area contributed by atoms with Crippen molar-refractivity contribution < 1.29 is 18.3 Å². The number of aromatic nitrogens is 2. The first-order valence-corrected chi connectivity index (χ1v) is 6.36. The van der Waals surface area contributed by atoms with Crippen LogP contribution in [0.2, 0.25) is 0 Å². The van der Waals surface area contributed by atoms with Gasteiger partial charge in [0.2, 0.25) is 0 Å². The van der Waals surface area contributed by atoms with Crippen molar-refractivity contribution in [2.45, 2.75) is 25.7 Å². The normalized spacial score (nSPS) is 19.0. The van der Waals surface area contributed by atoms with Crippen LogP contribution < -0.4 is 5.32 Å². The Morgan fingerprint density at radius 1 is 1.63 bits per heavy atom. The number of rotatable bonds is 6. The summed E-state index contributed by atoms with van der Waals surface area (Å²) >= 11 is 0. The summed E-state index contributed by atoms with van der Waals surface area (Å²) in [5.41, 5.74) is -0.340. The predicted octanol–water partition coefficient (Wildman–Crippen LogP) is 1.89. The van der Waals surface area contributed by atoms with Gasteiger partial charge in [-0.3, -0.25) is 9.89 Å². The monoisotopic (exact) mass is 273 g/mol. The zero-order valence-electron chi connectivity index (χ0n) is 10.5. The molecule has 2 N–H and O–H groups in total. The van der Waals surface area contributed by atoms with Crippen molar-refractivity contribution >= 4 is 5.91 Å². The number of H-pyrrole nitrogens is 1. The molecule has 1 aliphatic rings. The number of aromatic amines is 1. The standard InChI is InChI=1S/C12H17F2N3O2/c13-11(14)9-6-10(17-16-9)12(18)15-4-1-2-8-3-5-19-7-8/h6,8,11H,1-5,7H2,(H,15,18)(H,16,17)/t8-/m1/s1. The van der Waals surface area contributed by atoms with Gasteiger partial charge in [0.15, 0.2) is 0 Å². The second kappa shape index (κ2) is 6.60. The Balaban J connectivity index is 1.68. The molecule has 1 aliphatic heterocycles. The van der Waals surface area contributed by atoms with Crippen LogP contribution in [0.4, 0.5) is 8.78 Å². The summed E-state index contributed by atoms with van der Waals surface area (Å²) < 4.78 is 29.9. The fraction of sp³-hybridized carbons (Fsp3) is 0.667. The molecular weight excluding hydrogens is 256 g/mol. The molecule has 0 aliphatic carbocycles. The Kier molecular flexibility index (Phi) is 4.84. The van der Waals surface area contributed by atoms with Gasteiger partial charge in [-0.15, -0.1) is 0 Å². The van der Waals surface area contributed by atoms with E-state index in [1.54, 1.807) is 0 Å². The molecule has 2 rings (SSSR count). The van der Waals surface area contributed by atoms with Crippen LogP contribution in [0.15, 0.2) is 6.07 Å². The molecular formula is C12H17F2N3O2. The summed E-state index contributed by atoms with van der Waals surface area (Å²) in [5.74, 6) is 0.151. The van der Waals surface area contributed by atoms with Crippen molar-refractivity contribution in [3.05, 3.63) is 17.5 Å². The molecule has 1 atom stereocenters. The lowest BCUT2D eigenvalue weighted by molar-refractivity contribution is 0.0947. The van der Waals surface area contributed by atoms with Crippen molar-refractivity contribution in [1.29, 1.82) is 0 Å². The highest BCUT2D eigenvalue weighted by molar-refractivity contribution is 5.92. The summed E-state index contributed by atoms with van der Waals surface area (Å²) in [4.78, 5) is 11.6. The molecule has 1 aromatic heterocycles. The third-order valence-corrected chi connectivity index (χ3v) is 3.16. The third kappa shape index (κ3) is 3.99. The lowest BCUT2D eigenvalue weighted by Gasteiger charge is -2.07. The van der Waals surface area contributed by atoms with Crippen molar-refractivity contribution in [3.63, 3.8) is 0 Å². The SMILES string of the molecule is O=C(NCCC[C@@H]1CCOC1)c1cc(C(F)F)[nH]n1. The number of amides is 1. The van der Waals surface area contributed by atoms with E-state index in [9.17, 15) is 13.6 Å². The molecule has 0 spiro atoms. The largest absolute Gasteiger partial charge is 0.381 e. The first-order valence-electron chi connectivity index (χ1n) is 6.36. The first kappa shape index (κ1) is 13.9. The fourth-order valence-electron chi connectivity index (χ4n) is 2.06. The summed E-state index contributed by atoms with van der Waals surface area (Å²) in [5, 5.41) is 8.37. The molecule has 19 heavy (non-hydrogen) atoms. The summed E-state index contributed by atoms with van der Waals surface area (Å²) in [6.45, 7) is 2.14. The van der Waals surface area contributed by atoms with Gasteiger partial charge in [0.05, 0.1) is 0 Å². The molecule has 0 radical (unpaired) electrons. The zero-order chi connectivity index (χ0) is 13.7. The smallest absolute Gasteiger partial charge is 0.279 e. The van der Waals surface area contributed by atoms with Gasteiger partial charge >= 0.3 is 0 Å². The molecule has 106 valence electrons. The lowest BCUT2D eigenvalue weighted by atomic mass is 10.0. The van der Waals surface area contributed by atoms with Gasteiger partial charge in [0.1, 0.15) is 11.4 Å². The number of nitrogens with zero attached hydrogens (tertiary/aromatic N) is 1. The summed E-state index contributed by atoms with van der Waals surface area (Å²) in [7, 11) is 0. The topological polar surface area (TPSA) is 67.0 Å². The maximum absolute atomic E-state index is 12.3. The number of carbonyl (C=O) groups is 1. The van der Waals surface area contributed by atoms with Gasteiger partial charge in [-0.1, -0.05) is 0 Å².